The molecular weight excluding hydrogens is 374 g/mol. The highest BCUT2D eigenvalue weighted by Gasteiger charge is 2.69. The lowest BCUT2D eigenvalue weighted by Crippen LogP contribution is -2.63. The molecule has 4 aliphatic rings. The van der Waals surface area contributed by atoms with Crippen molar-refractivity contribution < 1.29 is 14.3 Å². The standard InChI is InChI=1S/C26H41NO3/c1-24-11-3-2-5-20(24)6-7-23-22(24)8-12-25(18-30-15-4-14-27)21(9-13-26(23,25)28)19-10-16-29-17-19/h10,16-17,20-23,28H,2-9,11-15,18,27H2,1H3/t20-,21+,22-,23+,24-,25-,26-/m0/s1. The first kappa shape index (κ1) is 21.0. The fourth-order valence-corrected chi connectivity index (χ4v) is 8.78. The quantitative estimate of drug-likeness (QED) is 0.622. The first-order valence-electron chi connectivity index (χ1n) is 12.6. The van der Waals surface area contributed by atoms with Gasteiger partial charge in [0.1, 0.15) is 0 Å². The largest absolute Gasteiger partial charge is 0.472 e. The molecule has 4 heteroatoms. The summed E-state index contributed by atoms with van der Waals surface area (Å²) in [5, 5.41) is 12.6. The first-order chi connectivity index (χ1) is 14.6. The van der Waals surface area contributed by atoms with Crippen molar-refractivity contribution in [3.8, 4) is 0 Å². The number of hydrogen-bond acceptors (Lipinski definition) is 4. The van der Waals surface area contributed by atoms with E-state index >= 15 is 0 Å². The Balaban J connectivity index is 1.48. The van der Waals surface area contributed by atoms with Gasteiger partial charge in [0.2, 0.25) is 0 Å². The molecule has 7 atom stereocenters. The van der Waals surface area contributed by atoms with E-state index in [4.69, 9.17) is 14.9 Å². The van der Waals surface area contributed by atoms with Gasteiger partial charge in [-0.2, -0.15) is 0 Å². The van der Waals surface area contributed by atoms with Crippen LogP contribution in [0.5, 0.6) is 0 Å². The summed E-state index contributed by atoms with van der Waals surface area (Å²) in [7, 11) is 0. The van der Waals surface area contributed by atoms with Crippen LogP contribution < -0.4 is 5.73 Å². The average molecular weight is 416 g/mol. The number of furan rings is 1. The summed E-state index contributed by atoms with van der Waals surface area (Å²) in [6.45, 7) is 4.58. The molecule has 0 spiro atoms. The summed E-state index contributed by atoms with van der Waals surface area (Å²) in [6.07, 6.45) is 16.9. The molecule has 1 heterocycles. The van der Waals surface area contributed by atoms with Gasteiger partial charge in [-0.15, -0.1) is 0 Å². The number of aliphatic hydroxyl groups is 1. The zero-order chi connectivity index (χ0) is 20.8. The van der Waals surface area contributed by atoms with Gasteiger partial charge in [-0.25, -0.2) is 0 Å². The fraction of sp³-hybridized carbons (Fsp3) is 0.846. The van der Waals surface area contributed by atoms with Crippen LogP contribution in [0.2, 0.25) is 0 Å². The molecule has 0 amide bonds. The van der Waals surface area contributed by atoms with Crippen LogP contribution in [0.15, 0.2) is 23.0 Å². The molecular formula is C26H41NO3. The fourth-order valence-electron chi connectivity index (χ4n) is 8.78. The van der Waals surface area contributed by atoms with Crippen LogP contribution in [-0.2, 0) is 4.74 Å². The molecule has 4 aliphatic carbocycles. The number of nitrogens with two attached hydrogens (primary N) is 1. The van der Waals surface area contributed by atoms with E-state index in [1.807, 2.05) is 6.26 Å². The second kappa shape index (κ2) is 7.94. The van der Waals surface area contributed by atoms with E-state index in [1.54, 1.807) is 6.26 Å². The lowest BCUT2D eigenvalue weighted by molar-refractivity contribution is -0.220. The molecule has 4 fully saturated rings. The number of ether oxygens (including phenoxy) is 1. The van der Waals surface area contributed by atoms with E-state index in [2.05, 4.69) is 13.0 Å². The van der Waals surface area contributed by atoms with Gasteiger partial charge in [-0.3, -0.25) is 0 Å². The normalized spacial score (nSPS) is 45.6. The summed E-state index contributed by atoms with van der Waals surface area (Å²) in [6, 6.07) is 2.11. The molecule has 0 aliphatic heterocycles. The van der Waals surface area contributed by atoms with E-state index in [-0.39, 0.29) is 5.41 Å². The van der Waals surface area contributed by atoms with Crippen LogP contribution >= 0.6 is 0 Å². The molecule has 5 rings (SSSR count). The lowest BCUT2D eigenvalue weighted by atomic mass is 9.43. The molecule has 1 aromatic heterocycles. The average Bonchev–Trinajstić information content (AvgIpc) is 3.37. The van der Waals surface area contributed by atoms with Gasteiger partial charge in [0.15, 0.2) is 0 Å². The lowest BCUT2D eigenvalue weighted by Gasteiger charge is -2.63. The Morgan fingerprint density at radius 3 is 2.80 bits per heavy atom. The van der Waals surface area contributed by atoms with Crippen LogP contribution in [0.1, 0.15) is 89.0 Å². The SMILES string of the molecule is C[C@]12CCCC[C@H]1CC[C@@H]1[C@@H]2CC[C@]2(COCCCN)[C@@H](c3ccoc3)CC[C@]12O. The monoisotopic (exact) mass is 415 g/mol. The molecule has 3 N–H and O–H groups in total. The minimum absolute atomic E-state index is 0.190. The van der Waals surface area contributed by atoms with Crippen LogP contribution in [0, 0.1) is 28.6 Å². The number of rotatable bonds is 6. The molecule has 0 bridgehead atoms. The van der Waals surface area contributed by atoms with Crippen LogP contribution in [0.3, 0.4) is 0 Å². The molecule has 0 saturated heterocycles. The van der Waals surface area contributed by atoms with E-state index in [0.29, 0.717) is 42.9 Å². The Labute approximate surface area is 181 Å². The number of fused-ring (bicyclic) bond motifs is 5. The van der Waals surface area contributed by atoms with Crippen molar-refractivity contribution in [2.45, 2.75) is 89.1 Å². The highest BCUT2D eigenvalue weighted by atomic mass is 16.5. The summed E-state index contributed by atoms with van der Waals surface area (Å²) in [5.41, 5.74) is 6.58. The van der Waals surface area contributed by atoms with Gasteiger partial charge in [0.05, 0.1) is 24.7 Å². The molecule has 4 nitrogen and oxygen atoms in total. The predicted octanol–water partition coefficient (Wildman–Crippen LogP) is 5.26. The summed E-state index contributed by atoms with van der Waals surface area (Å²) in [4.78, 5) is 0. The first-order valence-corrected chi connectivity index (χ1v) is 12.6. The molecule has 30 heavy (non-hydrogen) atoms. The maximum Gasteiger partial charge on any atom is 0.0937 e. The topological polar surface area (TPSA) is 68.6 Å². The minimum Gasteiger partial charge on any atom is -0.472 e. The summed E-state index contributed by atoms with van der Waals surface area (Å²) < 4.78 is 11.7. The van der Waals surface area contributed by atoms with Crippen molar-refractivity contribution in [1.82, 2.24) is 0 Å². The molecule has 1 aromatic rings. The van der Waals surface area contributed by atoms with Crippen LogP contribution in [-0.4, -0.2) is 30.5 Å². The van der Waals surface area contributed by atoms with Crippen LogP contribution in [0.4, 0.5) is 0 Å². The predicted molar refractivity (Wildman–Crippen MR) is 118 cm³/mol. The second-order valence-corrected chi connectivity index (χ2v) is 11.2. The Kier molecular flexibility index (Phi) is 5.56. The van der Waals surface area contributed by atoms with Crippen molar-refractivity contribution in [1.29, 1.82) is 0 Å². The smallest absolute Gasteiger partial charge is 0.0937 e. The Morgan fingerprint density at radius 2 is 2.00 bits per heavy atom. The highest BCUT2D eigenvalue weighted by molar-refractivity contribution is 5.28. The minimum atomic E-state index is -0.619. The summed E-state index contributed by atoms with van der Waals surface area (Å²) in [5.74, 6) is 2.29. The van der Waals surface area contributed by atoms with Gasteiger partial charge in [-0.05, 0) is 105 Å². The summed E-state index contributed by atoms with van der Waals surface area (Å²) >= 11 is 0. The van der Waals surface area contributed by atoms with Gasteiger partial charge < -0.3 is 20.0 Å². The molecule has 168 valence electrons. The van der Waals surface area contributed by atoms with Crippen LogP contribution in [0.25, 0.3) is 0 Å². The van der Waals surface area contributed by atoms with Gasteiger partial charge in [-0.1, -0.05) is 19.8 Å². The van der Waals surface area contributed by atoms with Crippen molar-refractivity contribution >= 4 is 0 Å². The third-order valence-electron chi connectivity index (χ3n) is 10.3. The van der Waals surface area contributed by atoms with E-state index in [1.165, 1.54) is 50.5 Å². The molecule has 0 unspecified atom stereocenters. The van der Waals surface area contributed by atoms with E-state index in [0.717, 1.165) is 31.6 Å². The maximum absolute atomic E-state index is 12.6. The van der Waals surface area contributed by atoms with Gasteiger partial charge >= 0.3 is 0 Å². The van der Waals surface area contributed by atoms with Crippen molar-refractivity contribution in [3.05, 3.63) is 24.2 Å². The molecule has 0 radical (unpaired) electrons. The zero-order valence-electron chi connectivity index (χ0n) is 18.8. The third kappa shape index (κ3) is 2.97. The van der Waals surface area contributed by atoms with E-state index in [9.17, 15) is 5.11 Å². The van der Waals surface area contributed by atoms with Crippen molar-refractivity contribution in [3.63, 3.8) is 0 Å². The van der Waals surface area contributed by atoms with Gasteiger partial charge in [0.25, 0.3) is 0 Å². The van der Waals surface area contributed by atoms with Crippen molar-refractivity contribution in [2.75, 3.05) is 19.8 Å². The highest BCUT2D eigenvalue weighted by Crippen LogP contribution is 2.70. The molecule has 4 saturated carbocycles. The second-order valence-electron chi connectivity index (χ2n) is 11.2. The maximum atomic E-state index is 12.6. The Bertz CT molecular complexity index is 720. The van der Waals surface area contributed by atoms with Crippen molar-refractivity contribution in [2.24, 2.45) is 34.3 Å². The molecule has 0 aromatic carbocycles. The zero-order valence-corrected chi connectivity index (χ0v) is 18.8. The number of hydrogen-bond donors (Lipinski definition) is 2. The Hall–Kier alpha value is -0.840. The third-order valence-corrected chi connectivity index (χ3v) is 10.3. The van der Waals surface area contributed by atoms with Gasteiger partial charge in [0, 0.05) is 12.0 Å². The Morgan fingerprint density at radius 1 is 1.10 bits per heavy atom. The van der Waals surface area contributed by atoms with E-state index < -0.39 is 5.60 Å².